The highest BCUT2D eigenvalue weighted by Gasteiger charge is 2.64. The molecule has 11 heteroatoms. The number of esters is 1. The molecule has 30 heavy (non-hydrogen) atoms. The maximum absolute atomic E-state index is 14.1. The Bertz CT molecular complexity index is 901. The lowest BCUT2D eigenvalue weighted by molar-refractivity contribution is -0.208. The van der Waals surface area contributed by atoms with Gasteiger partial charge in [-0.2, -0.15) is 13.2 Å². The van der Waals surface area contributed by atoms with Crippen molar-refractivity contribution in [3.8, 4) is 5.75 Å². The summed E-state index contributed by atoms with van der Waals surface area (Å²) in [7, 11) is 0. The highest BCUT2D eigenvalue weighted by molar-refractivity contribution is 7.22. The average molecular weight is 447 g/mol. The fourth-order valence-corrected chi connectivity index (χ4v) is 3.59. The van der Waals surface area contributed by atoms with Crippen LogP contribution in [-0.2, 0) is 14.3 Å². The summed E-state index contributed by atoms with van der Waals surface area (Å²) in [6.45, 7) is 6.67. The summed E-state index contributed by atoms with van der Waals surface area (Å²) in [5.41, 5.74) is -3.05. The Morgan fingerprint density at radius 1 is 1.20 bits per heavy atom. The van der Waals surface area contributed by atoms with E-state index in [1.54, 1.807) is 44.3 Å². The summed E-state index contributed by atoms with van der Waals surface area (Å²) in [4.78, 5) is 28.8. The van der Waals surface area contributed by atoms with Crippen molar-refractivity contribution in [3.05, 3.63) is 18.2 Å². The van der Waals surface area contributed by atoms with E-state index in [-0.39, 0.29) is 24.1 Å². The van der Waals surface area contributed by atoms with Gasteiger partial charge in [0.25, 0.3) is 0 Å². The minimum absolute atomic E-state index is 0.198. The van der Waals surface area contributed by atoms with Crippen LogP contribution in [0.3, 0.4) is 0 Å². The Hall–Kier alpha value is -2.56. The lowest BCUT2D eigenvalue weighted by atomic mass is 10.1. The highest BCUT2D eigenvalue weighted by atomic mass is 32.1. The molecule has 7 nitrogen and oxygen atoms in total. The van der Waals surface area contributed by atoms with E-state index in [0.29, 0.717) is 22.6 Å². The van der Waals surface area contributed by atoms with Crippen LogP contribution >= 0.6 is 11.3 Å². The predicted octanol–water partition coefficient (Wildman–Crippen LogP) is 4.09. The maximum atomic E-state index is 14.1. The fraction of sp³-hybridized carbons (Fsp3) is 0.526. The van der Waals surface area contributed by atoms with E-state index in [2.05, 4.69) is 15.0 Å². The number of carbonyl (C=O) groups excluding carboxylic acids is 2. The maximum Gasteiger partial charge on any atom is 0.442 e. The number of thiazole rings is 1. The van der Waals surface area contributed by atoms with E-state index < -0.39 is 23.7 Å². The van der Waals surface area contributed by atoms with Crippen LogP contribution in [0.15, 0.2) is 18.2 Å². The minimum atomic E-state index is -5.19. The first-order chi connectivity index (χ1) is 14.0. The summed E-state index contributed by atoms with van der Waals surface area (Å²) in [6, 6.07) is 4.87. The van der Waals surface area contributed by atoms with Crippen molar-refractivity contribution in [1.29, 1.82) is 0 Å². The van der Waals surface area contributed by atoms with Crippen LogP contribution in [0.4, 0.5) is 18.3 Å². The van der Waals surface area contributed by atoms with Crippen LogP contribution in [0.5, 0.6) is 5.75 Å². The second-order valence-corrected chi connectivity index (χ2v) is 7.85. The number of hydrogen-bond donors (Lipinski definition) is 2. The second-order valence-electron chi connectivity index (χ2n) is 6.82. The number of carbonyl (C=O) groups is 2. The Balaban J connectivity index is 2.48. The van der Waals surface area contributed by atoms with Crippen molar-refractivity contribution in [1.82, 2.24) is 10.3 Å². The largest absolute Gasteiger partial charge is 0.494 e. The van der Waals surface area contributed by atoms with Gasteiger partial charge in [0.1, 0.15) is 5.75 Å². The van der Waals surface area contributed by atoms with E-state index in [9.17, 15) is 22.8 Å². The number of rotatable bonds is 9. The molecule has 0 saturated heterocycles. The van der Waals surface area contributed by atoms with Crippen LogP contribution in [0.25, 0.3) is 10.2 Å². The summed E-state index contributed by atoms with van der Waals surface area (Å²) in [6.07, 6.45) is -5.39. The van der Waals surface area contributed by atoms with Gasteiger partial charge in [0.15, 0.2) is 5.13 Å². The number of nitrogens with zero attached hydrogens (tertiary/aromatic N) is 1. The Morgan fingerprint density at radius 2 is 1.90 bits per heavy atom. The van der Waals surface area contributed by atoms with E-state index in [1.165, 1.54) is 6.92 Å². The van der Waals surface area contributed by atoms with Crippen LogP contribution < -0.4 is 15.4 Å². The Morgan fingerprint density at radius 3 is 2.47 bits per heavy atom. The fourth-order valence-electron chi connectivity index (χ4n) is 2.64. The first-order valence-corrected chi connectivity index (χ1v) is 10.2. The number of hydrogen-bond acceptors (Lipinski definition) is 7. The topological polar surface area (TPSA) is 89.5 Å². The molecular weight excluding hydrogens is 423 g/mol. The van der Waals surface area contributed by atoms with Crippen molar-refractivity contribution in [2.24, 2.45) is 5.92 Å². The highest BCUT2D eigenvalue weighted by Crippen LogP contribution is 2.36. The number of ether oxygens (including phenoxy) is 2. The predicted molar refractivity (Wildman–Crippen MR) is 107 cm³/mol. The van der Waals surface area contributed by atoms with Gasteiger partial charge in [-0.15, -0.1) is 0 Å². The molecule has 0 radical (unpaired) electrons. The normalized spacial score (nSPS) is 13.7. The van der Waals surface area contributed by atoms with Crippen molar-refractivity contribution < 1.29 is 32.2 Å². The number of anilines is 1. The minimum Gasteiger partial charge on any atom is -0.494 e. The first-order valence-electron chi connectivity index (χ1n) is 9.39. The second kappa shape index (κ2) is 9.50. The van der Waals surface area contributed by atoms with Gasteiger partial charge in [0.2, 0.25) is 5.91 Å². The average Bonchev–Trinajstić information content (AvgIpc) is 3.01. The number of nitrogens with one attached hydrogen (secondary N) is 2. The lowest BCUT2D eigenvalue weighted by Crippen LogP contribution is -2.69. The molecule has 2 aromatic rings. The molecule has 0 aliphatic heterocycles. The van der Waals surface area contributed by atoms with Crippen molar-refractivity contribution in [2.75, 3.05) is 18.5 Å². The third kappa shape index (κ3) is 5.32. The molecule has 1 aromatic heterocycles. The summed E-state index contributed by atoms with van der Waals surface area (Å²) < 4.78 is 53.0. The molecule has 0 fully saturated rings. The molecular formula is C19H24F3N3O4S. The number of halogens is 3. The standard InChI is InChI=1S/C19H24F3N3O4S/c1-5-28-12-7-8-13-14(10-12)30-17(23-13)25-18(19(20,21)22,16(27)29-6-2)24-15(26)9-11(3)4/h7-8,10-11H,5-6,9H2,1-4H3,(H,23,25)(H,24,26)/t18-/m0/s1. The van der Waals surface area contributed by atoms with E-state index in [4.69, 9.17) is 4.74 Å². The molecule has 1 amide bonds. The zero-order valence-corrected chi connectivity index (χ0v) is 17.9. The number of aromatic nitrogens is 1. The van der Waals surface area contributed by atoms with Gasteiger partial charge in [-0.05, 0) is 38.0 Å². The lowest BCUT2D eigenvalue weighted by Gasteiger charge is -2.34. The van der Waals surface area contributed by atoms with E-state index in [1.807, 2.05) is 0 Å². The van der Waals surface area contributed by atoms with Gasteiger partial charge in [0, 0.05) is 6.42 Å². The van der Waals surface area contributed by atoms with Crippen LogP contribution in [0, 0.1) is 5.92 Å². The van der Waals surface area contributed by atoms with Gasteiger partial charge >= 0.3 is 17.8 Å². The molecule has 0 aliphatic rings. The molecule has 0 saturated carbocycles. The SMILES string of the molecule is CCOC(=O)[C@](NC(=O)CC(C)C)(Nc1nc2ccc(OCC)cc2s1)C(F)(F)F. The number of alkyl halides is 3. The molecule has 0 bridgehead atoms. The number of amides is 1. The van der Waals surface area contributed by atoms with Crippen molar-refractivity contribution >= 4 is 38.6 Å². The Kier molecular flexibility index (Phi) is 7.51. The van der Waals surface area contributed by atoms with Crippen LogP contribution in [-0.4, -0.2) is 41.9 Å². The van der Waals surface area contributed by atoms with Gasteiger partial charge < -0.3 is 20.1 Å². The quantitative estimate of drug-likeness (QED) is 0.445. The molecule has 1 aromatic carbocycles. The third-order valence-corrected chi connectivity index (χ3v) is 4.83. The molecule has 0 aliphatic carbocycles. The van der Waals surface area contributed by atoms with Gasteiger partial charge in [-0.3, -0.25) is 4.79 Å². The monoisotopic (exact) mass is 447 g/mol. The Labute approximate surface area is 175 Å². The summed E-state index contributed by atoms with van der Waals surface area (Å²) in [5.74, 6) is -2.28. The zero-order valence-electron chi connectivity index (χ0n) is 17.1. The van der Waals surface area contributed by atoms with Gasteiger partial charge in [-0.25, -0.2) is 9.78 Å². The summed E-state index contributed by atoms with van der Waals surface area (Å²) >= 11 is 0.895. The third-order valence-electron chi connectivity index (χ3n) is 3.89. The molecule has 0 spiro atoms. The molecule has 0 unspecified atom stereocenters. The number of benzene rings is 1. The van der Waals surface area contributed by atoms with Crippen molar-refractivity contribution in [3.63, 3.8) is 0 Å². The number of fused-ring (bicyclic) bond motifs is 1. The molecule has 1 heterocycles. The van der Waals surface area contributed by atoms with Crippen LogP contribution in [0.2, 0.25) is 0 Å². The molecule has 2 rings (SSSR count). The van der Waals surface area contributed by atoms with Crippen LogP contribution in [0.1, 0.15) is 34.1 Å². The van der Waals surface area contributed by atoms with Gasteiger partial charge in [0.05, 0.1) is 23.4 Å². The molecule has 2 N–H and O–H groups in total. The molecule has 1 atom stereocenters. The smallest absolute Gasteiger partial charge is 0.442 e. The van der Waals surface area contributed by atoms with Gasteiger partial charge in [-0.1, -0.05) is 25.2 Å². The van der Waals surface area contributed by atoms with Crippen molar-refractivity contribution in [2.45, 2.75) is 46.0 Å². The first kappa shape index (κ1) is 23.7. The zero-order chi connectivity index (χ0) is 22.5. The van der Waals surface area contributed by atoms with E-state index >= 15 is 0 Å². The molecule has 166 valence electrons. The summed E-state index contributed by atoms with van der Waals surface area (Å²) in [5, 5.41) is 3.70. The van der Waals surface area contributed by atoms with E-state index in [0.717, 1.165) is 11.3 Å².